The zero-order valence-corrected chi connectivity index (χ0v) is 16.4. The van der Waals surface area contributed by atoms with Crippen molar-refractivity contribution in [3.8, 4) is 0 Å². The second-order valence-corrected chi connectivity index (χ2v) is 7.82. The van der Waals surface area contributed by atoms with E-state index in [1.54, 1.807) is 30.3 Å². The lowest BCUT2D eigenvalue weighted by Crippen LogP contribution is -2.18. The lowest BCUT2D eigenvalue weighted by atomic mass is 9.81. The second kappa shape index (κ2) is 8.65. The molecule has 0 heterocycles. The van der Waals surface area contributed by atoms with Crippen molar-refractivity contribution in [1.29, 1.82) is 0 Å². The van der Waals surface area contributed by atoms with E-state index >= 15 is 0 Å². The summed E-state index contributed by atoms with van der Waals surface area (Å²) in [6, 6.07) is 10.2. The lowest BCUT2D eigenvalue weighted by molar-refractivity contribution is 0.0992. The Hall–Kier alpha value is -3.22. The minimum Gasteiger partial charge on any atom is -0.398 e. The van der Waals surface area contributed by atoms with Gasteiger partial charge in [-0.2, -0.15) is 0 Å². The number of carbonyl (C=O) groups is 2. The Labute approximate surface area is 165 Å². The molecule has 0 atom stereocenters. The molecule has 0 aliphatic rings. The third-order valence-corrected chi connectivity index (χ3v) is 4.78. The van der Waals surface area contributed by atoms with Crippen LogP contribution in [0, 0.1) is 5.41 Å². The van der Waals surface area contributed by atoms with Crippen LogP contribution in [0.25, 0.3) is 0 Å². The second-order valence-electron chi connectivity index (χ2n) is 7.82. The van der Waals surface area contributed by atoms with Crippen molar-refractivity contribution in [2.24, 2.45) is 16.9 Å². The molecule has 0 saturated heterocycles. The van der Waals surface area contributed by atoms with Gasteiger partial charge in [-0.25, -0.2) is 0 Å². The molecule has 2 aromatic carbocycles. The van der Waals surface area contributed by atoms with Crippen molar-refractivity contribution in [2.45, 2.75) is 33.1 Å². The molecule has 7 nitrogen and oxygen atoms in total. The zero-order chi connectivity index (χ0) is 20.9. The summed E-state index contributed by atoms with van der Waals surface area (Å²) in [6.07, 6.45) is 2.70. The van der Waals surface area contributed by atoms with E-state index in [4.69, 9.17) is 22.9 Å². The highest BCUT2D eigenvalue weighted by Gasteiger charge is 2.20. The molecule has 150 valence electrons. The van der Waals surface area contributed by atoms with Gasteiger partial charge in [0.2, 0.25) is 11.8 Å². The van der Waals surface area contributed by atoms with Crippen LogP contribution < -0.4 is 28.3 Å². The molecule has 0 saturated carbocycles. The van der Waals surface area contributed by atoms with Crippen molar-refractivity contribution in [3.63, 3.8) is 0 Å². The molecule has 2 rings (SSSR count). The van der Waals surface area contributed by atoms with Crippen molar-refractivity contribution in [3.05, 3.63) is 53.1 Å². The Kier molecular flexibility index (Phi) is 6.51. The highest BCUT2D eigenvalue weighted by atomic mass is 16.1. The van der Waals surface area contributed by atoms with Gasteiger partial charge < -0.3 is 28.3 Å². The van der Waals surface area contributed by atoms with Crippen LogP contribution in [0.1, 0.15) is 53.0 Å². The molecular formula is C21H29N5O2. The van der Waals surface area contributed by atoms with E-state index in [0.29, 0.717) is 22.5 Å². The summed E-state index contributed by atoms with van der Waals surface area (Å²) < 4.78 is 0. The molecule has 2 aromatic rings. The maximum absolute atomic E-state index is 11.2. The maximum Gasteiger partial charge on any atom is 0.248 e. The van der Waals surface area contributed by atoms with Gasteiger partial charge in [0.05, 0.1) is 11.4 Å². The SMILES string of the molecule is CC(C)(CCCNc1ccc(C(N)=O)cc1N)Cc1ccc(C(N)=O)cc1N. The maximum atomic E-state index is 11.2. The Morgan fingerprint density at radius 3 is 2.04 bits per heavy atom. The Bertz CT molecular complexity index is 877. The number of hydrogen-bond donors (Lipinski definition) is 5. The molecule has 28 heavy (non-hydrogen) atoms. The first-order valence-electron chi connectivity index (χ1n) is 9.20. The van der Waals surface area contributed by atoms with Crippen molar-refractivity contribution in [2.75, 3.05) is 23.3 Å². The molecular weight excluding hydrogens is 354 g/mol. The number of rotatable bonds is 9. The fraction of sp³-hybridized carbons (Fsp3) is 0.333. The fourth-order valence-corrected chi connectivity index (χ4v) is 3.18. The standard InChI is InChI=1S/C21H29N5O2/c1-21(2,12-15-5-4-13(19(24)27)10-16(15)22)8-3-9-26-18-7-6-14(20(25)28)11-17(18)23/h4-7,10-11,26H,3,8-9,12,22-23H2,1-2H3,(H2,24,27)(H2,25,28). The summed E-state index contributed by atoms with van der Waals surface area (Å²) in [5, 5.41) is 3.29. The number of hydrogen-bond acceptors (Lipinski definition) is 5. The van der Waals surface area contributed by atoms with Crippen LogP contribution in [-0.4, -0.2) is 18.4 Å². The first-order valence-corrected chi connectivity index (χ1v) is 9.20. The molecule has 0 aliphatic carbocycles. The molecule has 0 aliphatic heterocycles. The van der Waals surface area contributed by atoms with Crippen molar-refractivity contribution in [1.82, 2.24) is 0 Å². The summed E-state index contributed by atoms with van der Waals surface area (Å²) in [6.45, 7) is 5.12. The normalized spacial score (nSPS) is 11.2. The smallest absolute Gasteiger partial charge is 0.248 e. The summed E-state index contributed by atoms with van der Waals surface area (Å²) in [7, 11) is 0. The number of nitrogens with two attached hydrogens (primary N) is 4. The summed E-state index contributed by atoms with van der Waals surface area (Å²) >= 11 is 0. The van der Waals surface area contributed by atoms with E-state index in [1.807, 2.05) is 6.07 Å². The van der Waals surface area contributed by atoms with E-state index in [0.717, 1.165) is 37.1 Å². The number of carbonyl (C=O) groups excluding carboxylic acids is 2. The third kappa shape index (κ3) is 5.64. The summed E-state index contributed by atoms with van der Waals surface area (Å²) in [5.41, 5.74) is 26.3. The first-order chi connectivity index (χ1) is 13.1. The van der Waals surface area contributed by atoms with Crippen LogP contribution in [-0.2, 0) is 6.42 Å². The van der Waals surface area contributed by atoms with Crippen LogP contribution in [0.4, 0.5) is 17.1 Å². The molecule has 0 fully saturated rings. The number of anilines is 3. The van der Waals surface area contributed by atoms with Gasteiger partial charge in [0.25, 0.3) is 0 Å². The topological polar surface area (TPSA) is 150 Å². The van der Waals surface area contributed by atoms with Crippen LogP contribution >= 0.6 is 0 Å². The zero-order valence-electron chi connectivity index (χ0n) is 16.4. The van der Waals surface area contributed by atoms with Crippen LogP contribution in [0.2, 0.25) is 0 Å². The molecule has 7 heteroatoms. The van der Waals surface area contributed by atoms with Gasteiger partial charge in [0.1, 0.15) is 0 Å². The van der Waals surface area contributed by atoms with Crippen LogP contribution in [0.3, 0.4) is 0 Å². The highest BCUT2D eigenvalue weighted by Crippen LogP contribution is 2.30. The van der Waals surface area contributed by atoms with Gasteiger partial charge >= 0.3 is 0 Å². The number of primary amides is 2. The molecule has 0 radical (unpaired) electrons. The molecule has 2 amide bonds. The minimum atomic E-state index is -0.497. The minimum absolute atomic E-state index is 0.0331. The number of benzene rings is 2. The molecule has 0 spiro atoms. The summed E-state index contributed by atoms with van der Waals surface area (Å²) in [5.74, 6) is -0.977. The van der Waals surface area contributed by atoms with E-state index in [9.17, 15) is 9.59 Å². The summed E-state index contributed by atoms with van der Waals surface area (Å²) in [4.78, 5) is 22.4. The first kappa shape index (κ1) is 21.1. The molecule has 0 bridgehead atoms. The van der Waals surface area contributed by atoms with E-state index < -0.39 is 11.8 Å². The van der Waals surface area contributed by atoms with Gasteiger partial charge in [0.15, 0.2) is 0 Å². The Morgan fingerprint density at radius 2 is 1.50 bits per heavy atom. The van der Waals surface area contributed by atoms with E-state index in [1.165, 1.54) is 0 Å². The lowest BCUT2D eigenvalue weighted by Gasteiger charge is -2.26. The van der Waals surface area contributed by atoms with E-state index in [2.05, 4.69) is 19.2 Å². The number of nitrogens with one attached hydrogen (secondary N) is 1. The Morgan fingerprint density at radius 1 is 0.929 bits per heavy atom. The molecule has 0 aromatic heterocycles. The monoisotopic (exact) mass is 383 g/mol. The predicted molar refractivity (Wildman–Crippen MR) is 114 cm³/mol. The van der Waals surface area contributed by atoms with Crippen LogP contribution in [0.15, 0.2) is 36.4 Å². The third-order valence-electron chi connectivity index (χ3n) is 4.78. The molecule has 9 N–H and O–H groups in total. The quantitative estimate of drug-likeness (QED) is 0.333. The number of amides is 2. The van der Waals surface area contributed by atoms with Gasteiger partial charge in [-0.3, -0.25) is 9.59 Å². The van der Waals surface area contributed by atoms with Crippen molar-refractivity contribution < 1.29 is 9.59 Å². The largest absolute Gasteiger partial charge is 0.398 e. The average Bonchev–Trinajstić information content (AvgIpc) is 2.61. The van der Waals surface area contributed by atoms with Crippen molar-refractivity contribution >= 4 is 28.9 Å². The Balaban J connectivity index is 1.88. The van der Waals surface area contributed by atoms with Gasteiger partial charge in [0, 0.05) is 23.4 Å². The highest BCUT2D eigenvalue weighted by molar-refractivity contribution is 5.95. The predicted octanol–water partition coefficient (Wildman–Crippen LogP) is 2.51. The van der Waals surface area contributed by atoms with Gasteiger partial charge in [-0.15, -0.1) is 0 Å². The molecule has 0 unspecified atom stereocenters. The van der Waals surface area contributed by atoms with E-state index in [-0.39, 0.29) is 5.41 Å². The van der Waals surface area contributed by atoms with Gasteiger partial charge in [-0.1, -0.05) is 19.9 Å². The average molecular weight is 383 g/mol. The fourth-order valence-electron chi connectivity index (χ4n) is 3.18. The van der Waals surface area contributed by atoms with Gasteiger partial charge in [-0.05, 0) is 60.6 Å². The number of nitrogen functional groups attached to an aromatic ring is 2. The van der Waals surface area contributed by atoms with Crippen LogP contribution in [0.5, 0.6) is 0 Å².